The Morgan fingerprint density at radius 2 is 1.89 bits per heavy atom. The number of ether oxygens (including phenoxy) is 2. The molecule has 0 saturated carbocycles. The van der Waals surface area contributed by atoms with Crippen molar-refractivity contribution in [2.45, 2.75) is 19.4 Å². The van der Waals surface area contributed by atoms with Crippen LogP contribution in [0.25, 0.3) is 0 Å². The number of carbonyl (C=O) groups is 1. The number of rotatable bonds is 8. The van der Waals surface area contributed by atoms with Crippen LogP contribution < -0.4 is 19.7 Å². The molecule has 2 atom stereocenters. The molecule has 0 aliphatic rings. The van der Waals surface area contributed by atoms with E-state index in [4.69, 9.17) is 21.1 Å². The van der Waals surface area contributed by atoms with Gasteiger partial charge in [0.1, 0.15) is 5.82 Å². The number of benzene rings is 2. The van der Waals surface area contributed by atoms with Gasteiger partial charge < -0.3 is 19.7 Å². The highest BCUT2D eigenvalue weighted by atomic mass is 35.5. The fourth-order valence-electron chi connectivity index (χ4n) is 2.64. The maximum absolute atomic E-state index is 13.2. The normalized spacial score (nSPS) is 13.0. The van der Waals surface area contributed by atoms with Gasteiger partial charge in [-0.1, -0.05) is 17.7 Å². The molecular weight excluding hydrogens is 371 g/mol. The van der Waals surface area contributed by atoms with Crippen molar-refractivity contribution in [2.75, 3.05) is 33.1 Å². The summed E-state index contributed by atoms with van der Waals surface area (Å²) in [7, 11) is 5.17. The quantitative estimate of drug-likeness (QED) is 0.722. The zero-order valence-electron chi connectivity index (χ0n) is 15.9. The van der Waals surface area contributed by atoms with E-state index in [0.717, 1.165) is 23.4 Å². The van der Waals surface area contributed by atoms with Crippen LogP contribution >= 0.6 is 11.6 Å². The van der Waals surface area contributed by atoms with E-state index in [1.165, 1.54) is 18.2 Å². The maximum atomic E-state index is 13.2. The van der Waals surface area contributed by atoms with Crippen LogP contribution in [0.2, 0.25) is 5.02 Å². The summed E-state index contributed by atoms with van der Waals surface area (Å²) in [6.07, 6.45) is 0.784. The first-order valence-electron chi connectivity index (χ1n) is 8.64. The second-order valence-electron chi connectivity index (χ2n) is 6.38. The number of carbonyl (C=O) groups excluding carboxylic acids is 1. The summed E-state index contributed by atoms with van der Waals surface area (Å²) in [5.74, 6) is 0.710. The number of likely N-dealkylation sites (N-methyl/N-ethyl adjacent to an activating group) is 1. The Labute approximate surface area is 164 Å². The zero-order valence-corrected chi connectivity index (χ0v) is 16.7. The van der Waals surface area contributed by atoms with E-state index in [1.807, 2.05) is 32.2 Å². The highest BCUT2D eigenvalue weighted by Crippen LogP contribution is 2.27. The average Bonchev–Trinajstić information content (AvgIpc) is 2.67. The summed E-state index contributed by atoms with van der Waals surface area (Å²) in [5, 5.41) is 2.76. The highest BCUT2D eigenvalue weighted by molar-refractivity contribution is 6.31. The van der Waals surface area contributed by atoms with Gasteiger partial charge in [-0.15, -0.1) is 0 Å². The largest absolute Gasteiger partial charge is 0.493 e. The number of methoxy groups -OCH3 is 2. The minimum absolute atomic E-state index is 0.0189. The lowest BCUT2D eigenvalue weighted by atomic mass is 10.1. The molecule has 0 saturated heterocycles. The summed E-state index contributed by atoms with van der Waals surface area (Å²) in [4.78, 5) is 13.5. The Hall–Kier alpha value is -2.31. The molecule has 0 aliphatic carbocycles. The number of nitrogens with one attached hydrogen (secondary N) is 2. The van der Waals surface area contributed by atoms with Crippen LogP contribution in [-0.4, -0.2) is 39.8 Å². The van der Waals surface area contributed by atoms with Gasteiger partial charge in [0.25, 0.3) is 5.91 Å². The SMILES string of the molecule is COc1ccc(CC[NH+](C)[C@@H](C)C(=O)Nc2ccc(F)c(Cl)c2)cc1OC. The van der Waals surface area contributed by atoms with Crippen molar-refractivity contribution in [3.8, 4) is 11.5 Å². The van der Waals surface area contributed by atoms with Gasteiger partial charge >= 0.3 is 0 Å². The molecule has 7 heteroatoms. The third-order valence-corrected chi connectivity index (χ3v) is 4.87. The van der Waals surface area contributed by atoms with Crippen molar-refractivity contribution in [1.82, 2.24) is 0 Å². The number of quaternary nitrogens is 1. The molecular formula is C20H25ClFN2O3+. The van der Waals surface area contributed by atoms with E-state index in [1.54, 1.807) is 14.2 Å². The summed E-state index contributed by atoms with van der Waals surface area (Å²) in [6.45, 7) is 2.61. The van der Waals surface area contributed by atoms with E-state index >= 15 is 0 Å². The number of hydrogen-bond donors (Lipinski definition) is 2. The number of amides is 1. The van der Waals surface area contributed by atoms with Crippen molar-refractivity contribution in [2.24, 2.45) is 0 Å². The van der Waals surface area contributed by atoms with Crippen molar-refractivity contribution in [3.05, 3.63) is 52.8 Å². The fraction of sp³-hybridized carbons (Fsp3) is 0.350. The van der Waals surface area contributed by atoms with E-state index in [9.17, 15) is 9.18 Å². The molecule has 2 rings (SSSR count). The summed E-state index contributed by atoms with van der Waals surface area (Å²) in [6, 6.07) is 9.64. The number of hydrogen-bond acceptors (Lipinski definition) is 3. The van der Waals surface area contributed by atoms with E-state index in [-0.39, 0.29) is 17.0 Å². The van der Waals surface area contributed by atoms with Crippen LogP contribution in [-0.2, 0) is 11.2 Å². The highest BCUT2D eigenvalue weighted by Gasteiger charge is 2.22. The summed E-state index contributed by atoms with van der Waals surface area (Å²) >= 11 is 5.75. The van der Waals surface area contributed by atoms with Gasteiger partial charge in [0, 0.05) is 12.1 Å². The first-order chi connectivity index (χ1) is 12.8. The van der Waals surface area contributed by atoms with E-state index in [0.29, 0.717) is 17.2 Å². The zero-order chi connectivity index (χ0) is 20.0. The Morgan fingerprint density at radius 1 is 1.19 bits per heavy atom. The van der Waals surface area contributed by atoms with Crippen LogP contribution in [0, 0.1) is 5.82 Å². The summed E-state index contributed by atoms with van der Waals surface area (Å²) in [5.41, 5.74) is 1.58. The van der Waals surface area contributed by atoms with Crippen LogP contribution in [0.1, 0.15) is 12.5 Å². The van der Waals surface area contributed by atoms with Gasteiger partial charge in [0.15, 0.2) is 17.5 Å². The Morgan fingerprint density at radius 3 is 2.52 bits per heavy atom. The van der Waals surface area contributed by atoms with E-state index in [2.05, 4.69) is 5.32 Å². The van der Waals surface area contributed by atoms with Gasteiger partial charge in [-0.2, -0.15) is 0 Å². The second kappa shape index (κ2) is 9.58. The molecule has 0 heterocycles. The van der Waals surface area contributed by atoms with Crippen molar-refractivity contribution in [3.63, 3.8) is 0 Å². The Balaban J connectivity index is 1.93. The van der Waals surface area contributed by atoms with Crippen LogP contribution in [0.5, 0.6) is 11.5 Å². The molecule has 0 aliphatic heterocycles. The predicted molar refractivity (Wildman–Crippen MR) is 105 cm³/mol. The first kappa shape index (κ1) is 21.0. The third kappa shape index (κ3) is 5.58. The monoisotopic (exact) mass is 395 g/mol. The fourth-order valence-corrected chi connectivity index (χ4v) is 2.82. The lowest BCUT2D eigenvalue weighted by Gasteiger charge is -2.21. The van der Waals surface area contributed by atoms with Crippen molar-refractivity contribution in [1.29, 1.82) is 0 Å². The minimum atomic E-state index is -0.514. The Kier molecular flexibility index (Phi) is 7.45. The van der Waals surface area contributed by atoms with Crippen molar-refractivity contribution < 1.29 is 23.6 Å². The predicted octanol–water partition coefficient (Wildman–Crippen LogP) is 2.58. The number of anilines is 1. The van der Waals surface area contributed by atoms with E-state index < -0.39 is 5.82 Å². The molecule has 1 amide bonds. The second-order valence-corrected chi connectivity index (χ2v) is 6.78. The molecule has 2 aromatic carbocycles. The van der Waals surface area contributed by atoms with Gasteiger partial charge in [-0.05, 0) is 42.8 Å². The maximum Gasteiger partial charge on any atom is 0.282 e. The van der Waals surface area contributed by atoms with Gasteiger partial charge in [-0.3, -0.25) is 4.79 Å². The molecule has 146 valence electrons. The number of halogens is 2. The smallest absolute Gasteiger partial charge is 0.282 e. The molecule has 0 spiro atoms. The van der Waals surface area contributed by atoms with Crippen molar-refractivity contribution >= 4 is 23.2 Å². The molecule has 2 aromatic rings. The van der Waals surface area contributed by atoms with Crippen LogP contribution in [0.4, 0.5) is 10.1 Å². The molecule has 27 heavy (non-hydrogen) atoms. The first-order valence-corrected chi connectivity index (χ1v) is 9.02. The molecule has 5 nitrogen and oxygen atoms in total. The van der Waals surface area contributed by atoms with Crippen LogP contribution in [0.3, 0.4) is 0 Å². The molecule has 0 fully saturated rings. The topological polar surface area (TPSA) is 52.0 Å². The van der Waals surface area contributed by atoms with Gasteiger partial charge in [0.2, 0.25) is 0 Å². The van der Waals surface area contributed by atoms with Crippen LogP contribution in [0.15, 0.2) is 36.4 Å². The van der Waals surface area contributed by atoms with Gasteiger partial charge in [0.05, 0.1) is 32.8 Å². The molecule has 0 bridgehead atoms. The van der Waals surface area contributed by atoms with Gasteiger partial charge in [-0.25, -0.2) is 4.39 Å². The lowest BCUT2D eigenvalue weighted by molar-refractivity contribution is -0.893. The molecule has 0 aromatic heterocycles. The average molecular weight is 396 g/mol. The minimum Gasteiger partial charge on any atom is -0.493 e. The summed E-state index contributed by atoms with van der Waals surface area (Å²) < 4.78 is 23.8. The lowest BCUT2D eigenvalue weighted by Crippen LogP contribution is -3.14. The molecule has 2 N–H and O–H groups in total. The molecule has 1 unspecified atom stereocenters. The Bertz CT molecular complexity index is 801. The standard InChI is InChI=1S/C20H24ClFN2O3/c1-13(20(25)23-15-6-7-17(22)16(21)12-15)24(2)10-9-14-5-8-18(26-3)19(11-14)27-4/h5-8,11-13H,9-10H2,1-4H3,(H,23,25)/p+1/t13-/m0/s1. The molecule has 0 radical (unpaired) electrons. The third-order valence-electron chi connectivity index (χ3n) is 4.58.